The fourth-order valence-electron chi connectivity index (χ4n) is 2.74. The van der Waals surface area contributed by atoms with Crippen molar-refractivity contribution in [3.63, 3.8) is 0 Å². The smallest absolute Gasteiger partial charge is 0.239 e. The molecular formula is C18H18N2O3. The average Bonchev–Trinajstić information content (AvgIpc) is 3.30. The highest BCUT2D eigenvalue weighted by molar-refractivity contribution is 6.06. The van der Waals surface area contributed by atoms with Crippen molar-refractivity contribution < 1.29 is 13.9 Å². The second kappa shape index (κ2) is 5.50. The molecule has 0 aliphatic heterocycles. The van der Waals surface area contributed by atoms with Crippen molar-refractivity contribution in [3.05, 3.63) is 36.4 Å². The highest BCUT2D eigenvalue weighted by Gasteiger charge is 2.23. The Morgan fingerprint density at radius 1 is 1.22 bits per heavy atom. The predicted octanol–water partition coefficient (Wildman–Crippen LogP) is 3.29. The summed E-state index contributed by atoms with van der Waals surface area (Å²) in [5.74, 6) is 0.697. The third kappa shape index (κ3) is 2.70. The number of para-hydroxylation sites is 1. The van der Waals surface area contributed by atoms with E-state index in [9.17, 15) is 4.79 Å². The van der Waals surface area contributed by atoms with Gasteiger partial charge in [-0.05, 0) is 25.0 Å². The number of hydrogen-bond acceptors (Lipinski definition) is 4. The van der Waals surface area contributed by atoms with E-state index in [0.717, 1.165) is 40.5 Å². The summed E-state index contributed by atoms with van der Waals surface area (Å²) in [5.41, 5.74) is 2.37. The van der Waals surface area contributed by atoms with E-state index >= 15 is 0 Å². The number of amides is 1. The quantitative estimate of drug-likeness (QED) is 0.759. The van der Waals surface area contributed by atoms with Crippen LogP contribution in [0, 0.1) is 0 Å². The van der Waals surface area contributed by atoms with Gasteiger partial charge in [-0.2, -0.15) is 0 Å². The summed E-state index contributed by atoms with van der Waals surface area (Å²) in [6, 6.07) is 12.1. The van der Waals surface area contributed by atoms with Gasteiger partial charge >= 0.3 is 0 Å². The number of carbonyl (C=O) groups excluding carboxylic acids is 1. The largest absolute Gasteiger partial charge is 0.495 e. The molecule has 0 radical (unpaired) electrons. The summed E-state index contributed by atoms with van der Waals surface area (Å²) in [7, 11) is 1.62. The first-order chi connectivity index (χ1) is 11.2. The van der Waals surface area contributed by atoms with Crippen LogP contribution in [0.25, 0.3) is 21.9 Å². The molecule has 0 spiro atoms. The van der Waals surface area contributed by atoms with E-state index in [-0.39, 0.29) is 12.5 Å². The lowest BCUT2D eigenvalue weighted by atomic mass is 10.1. The lowest BCUT2D eigenvalue weighted by Crippen LogP contribution is -2.31. The van der Waals surface area contributed by atoms with Gasteiger partial charge in [-0.1, -0.05) is 18.2 Å². The van der Waals surface area contributed by atoms with Crippen LogP contribution in [-0.2, 0) is 4.79 Å². The minimum atomic E-state index is -0.000689. The van der Waals surface area contributed by atoms with E-state index in [1.54, 1.807) is 7.11 Å². The first-order valence-electron chi connectivity index (χ1n) is 7.77. The summed E-state index contributed by atoms with van der Waals surface area (Å²) in [5, 5.41) is 8.15. The maximum Gasteiger partial charge on any atom is 0.239 e. The number of fused-ring (bicyclic) bond motifs is 3. The zero-order chi connectivity index (χ0) is 15.8. The van der Waals surface area contributed by atoms with E-state index in [2.05, 4.69) is 10.6 Å². The van der Waals surface area contributed by atoms with Crippen molar-refractivity contribution in [2.75, 3.05) is 19.0 Å². The SMILES string of the molecule is COc1cc2c(cc1NCC(=O)NC1CC1)oc1ccccc12. The minimum absolute atomic E-state index is 0.000689. The van der Waals surface area contributed by atoms with E-state index in [1.165, 1.54) is 0 Å². The molecule has 5 nitrogen and oxygen atoms in total. The normalized spacial score (nSPS) is 14.1. The van der Waals surface area contributed by atoms with Crippen molar-refractivity contribution in [3.8, 4) is 5.75 Å². The Morgan fingerprint density at radius 2 is 2.04 bits per heavy atom. The van der Waals surface area contributed by atoms with Gasteiger partial charge in [0.25, 0.3) is 0 Å². The first-order valence-corrected chi connectivity index (χ1v) is 7.77. The Labute approximate surface area is 133 Å². The lowest BCUT2D eigenvalue weighted by molar-refractivity contribution is -0.119. The highest BCUT2D eigenvalue weighted by atomic mass is 16.5. The number of hydrogen-bond donors (Lipinski definition) is 2. The zero-order valence-corrected chi connectivity index (χ0v) is 12.9. The Hall–Kier alpha value is -2.69. The van der Waals surface area contributed by atoms with Gasteiger partial charge in [-0.3, -0.25) is 4.79 Å². The van der Waals surface area contributed by atoms with Crippen LogP contribution < -0.4 is 15.4 Å². The van der Waals surface area contributed by atoms with Crippen LogP contribution in [0.5, 0.6) is 5.75 Å². The Bertz CT molecular complexity index is 880. The molecule has 0 saturated heterocycles. The second-order valence-corrected chi connectivity index (χ2v) is 5.84. The third-order valence-corrected chi connectivity index (χ3v) is 4.08. The number of carbonyl (C=O) groups is 1. The molecule has 2 N–H and O–H groups in total. The topological polar surface area (TPSA) is 63.5 Å². The number of benzene rings is 2. The number of anilines is 1. The van der Waals surface area contributed by atoms with Crippen molar-refractivity contribution in [2.24, 2.45) is 0 Å². The van der Waals surface area contributed by atoms with E-state index in [4.69, 9.17) is 9.15 Å². The molecular weight excluding hydrogens is 292 g/mol. The van der Waals surface area contributed by atoms with Gasteiger partial charge in [-0.15, -0.1) is 0 Å². The molecule has 1 aliphatic rings. The van der Waals surface area contributed by atoms with Crippen LogP contribution in [0.3, 0.4) is 0 Å². The fraction of sp³-hybridized carbons (Fsp3) is 0.278. The van der Waals surface area contributed by atoms with E-state index in [1.807, 2.05) is 36.4 Å². The van der Waals surface area contributed by atoms with Crippen molar-refractivity contribution in [1.82, 2.24) is 5.32 Å². The Balaban J connectivity index is 1.64. The van der Waals surface area contributed by atoms with Crippen molar-refractivity contribution >= 4 is 33.5 Å². The third-order valence-electron chi connectivity index (χ3n) is 4.08. The number of nitrogens with one attached hydrogen (secondary N) is 2. The molecule has 118 valence electrons. The molecule has 0 bridgehead atoms. The summed E-state index contributed by atoms with van der Waals surface area (Å²) < 4.78 is 11.3. The fourth-order valence-corrected chi connectivity index (χ4v) is 2.74. The van der Waals surface area contributed by atoms with Crippen molar-refractivity contribution in [2.45, 2.75) is 18.9 Å². The molecule has 1 saturated carbocycles. The summed E-state index contributed by atoms with van der Waals surface area (Å²) >= 11 is 0. The van der Waals surface area contributed by atoms with Gasteiger partial charge < -0.3 is 19.8 Å². The summed E-state index contributed by atoms with van der Waals surface area (Å²) in [6.07, 6.45) is 2.17. The van der Waals surface area contributed by atoms with Gasteiger partial charge in [-0.25, -0.2) is 0 Å². The standard InChI is InChI=1S/C18H18N2O3/c1-22-17-8-13-12-4-2-3-5-15(12)23-16(13)9-14(17)19-10-18(21)20-11-6-7-11/h2-5,8-9,11,19H,6-7,10H2,1H3,(H,20,21). The molecule has 1 fully saturated rings. The molecule has 5 heteroatoms. The molecule has 1 amide bonds. The monoisotopic (exact) mass is 310 g/mol. The van der Waals surface area contributed by atoms with Crippen LogP contribution in [-0.4, -0.2) is 25.6 Å². The number of ether oxygens (including phenoxy) is 1. The van der Waals surface area contributed by atoms with Gasteiger partial charge in [0.1, 0.15) is 16.9 Å². The summed E-state index contributed by atoms with van der Waals surface area (Å²) in [6.45, 7) is 0.221. The number of methoxy groups -OCH3 is 1. The van der Waals surface area contributed by atoms with E-state index in [0.29, 0.717) is 11.8 Å². The molecule has 0 atom stereocenters. The van der Waals surface area contributed by atoms with Gasteiger partial charge in [0.05, 0.1) is 19.3 Å². The Kier molecular flexibility index (Phi) is 3.33. The highest BCUT2D eigenvalue weighted by Crippen LogP contribution is 2.36. The first kappa shape index (κ1) is 13.9. The van der Waals surface area contributed by atoms with Crippen LogP contribution >= 0.6 is 0 Å². The van der Waals surface area contributed by atoms with Gasteiger partial charge in [0, 0.05) is 22.9 Å². The van der Waals surface area contributed by atoms with Crippen LogP contribution in [0.4, 0.5) is 5.69 Å². The van der Waals surface area contributed by atoms with Crippen LogP contribution in [0.1, 0.15) is 12.8 Å². The minimum Gasteiger partial charge on any atom is -0.495 e. The molecule has 0 unspecified atom stereocenters. The second-order valence-electron chi connectivity index (χ2n) is 5.84. The van der Waals surface area contributed by atoms with Crippen LogP contribution in [0.15, 0.2) is 40.8 Å². The predicted molar refractivity (Wildman–Crippen MR) is 89.9 cm³/mol. The molecule has 1 aromatic heterocycles. The molecule has 4 rings (SSSR count). The average molecular weight is 310 g/mol. The summed E-state index contributed by atoms with van der Waals surface area (Å²) in [4.78, 5) is 11.8. The zero-order valence-electron chi connectivity index (χ0n) is 12.9. The molecule has 1 heterocycles. The number of rotatable bonds is 5. The van der Waals surface area contributed by atoms with Crippen LogP contribution in [0.2, 0.25) is 0 Å². The lowest BCUT2D eigenvalue weighted by Gasteiger charge is -2.11. The molecule has 3 aromatic rings. The molecule has 2 aromatic carbocycles. The molecule has 1 aliphatic carbocycles. The van der Waals surface area contributed by atoms with Crippen molar-refractivity contribution in [1.29, 1.82) is 0 Å². The van der Waals surface area contributed by atoms with Gasteiger partial charge in [0.2, 0.25) is 5.91 Å². The van der Waals surface area contributed by atoms with E-state index < -0.39 is 0 Å². The number of furan rings is 1. The maximum absolute atomic E-state index is 11.8. The maximum atomic E-state index is 11.8. The Morgan fingerprint density at radius 3 is 2.83 bits per heavy atom. The molecule has 23 heavy (non-hydrogen) atoms. The van der Waals surface area contributed by atoms with Gasteiger partial charge in [0.15, 0.2) is 0 Å².